The summed E-state index contributed by atoms with van der Waals surface area (Å²) < 4.78 is 6.58. The van der Waals surface area contributed by atoms with Crippen molar-refractivity contribution in [3.05, 3.63) is 48.0 Å². The molecule has 3 atom stereocenters. The predicted octanol–water partition coefficient (Wildman–Crippen LogP) is 3.21. The number of aromatic nitrogens is 2. The molecule has 3 N–H and O–H groups in total. The van der Waals surface area contributed by atoms with Crippen LogP contribution < -0.4 is 15.4 Å². The smallest absolute Gasteiger partial charge is 0.319 e. The van der Waals surface area contributed by atoms with Crippen LogP contribution >= 0.6 is 0 Å². The van der Waals surface area contributed by atoms with Crippen molar-refractivity contribution in [2.75, 3.05) is 32.1 Å². The lowest BCUT2D eigenvalue weighted by molar-refractivity contribution is -0.134. The first kappa shape index (κ1) is 28.8. The second kappa shape index (κ2) is 13.7. The van der Waals surface area contributed by atoms with E-state index in [2.05, 4.69) is 32.4 Å². The van der Waals surface area contributed by atoms with Gasteiger partial charge in [-0.05, 0) is 51.1 Å². The van der Waals surface area contributed by atoms with Crippen LogP contribution in [0.3, 0.4) is 0 Å². The summed E-state index contributed by atoms with van der Waals surface area (Å²) in [4.78, 5) is 38.3. The summed E-state index contributed by atoms with van der Waals surface area (Å²) in [6, 6.07) is 7.03. The van der Waals surface area contributed by atoms with Crippen LogP contribution in [0.25, 0.3) is 0 Å². The standard InChI is InChI=1S/C29H42N6O4/c1-20-15-35(21(2)18-36)28(37)14-22-13-24(33-29(38)32-23-7-5-4-6-8-23)9-10-26(22)39-27(20)17-34(3)16-25-11-12-30-19-31-25/h9-13,19-21,23,27,36H,4-8,14-18H2,1-3H3,(H2,32,33,38)/t20-,21?,27+/m1/s1. The molecule has 1 fully saturated rings. The Bertz CT molecular complexity index is 1090. The van der Waals surface area contributed by atoms with Crippen molar-refractivity contribution in [3.8, 4) is 5.75 Å². The number of benzene rings is 1. The van der Waals surface area contributed by atoms with Gasteiger partial charge in [-0.25, -0.2) is 14.8 Å². The van der Waals surface area contributed by atoms with E-state index in [-0.39, 0.29) is 49.1 Å². The van der Waals surface area contributed by atoms with Gasteiger partial charge < -0.3 is 25.4 Å². The van der Waals surface area contributed by atoms with Gasteiger partial charge >= 0.3 is 6.03 Å². The van der Waals surface area contributed by atoms with E-state index >= 15 is 0 Å². The zero-order valence-electron chi connectivity index (χ0n) is 23.3. The average Bonchev–Trinajstić information content (AvgIpc) is 2.97. The molecule has 10 heteroatoms. The molecular weight excluding hydrogens is 496 g/mol. The maximum atomic E-state index is 13.4. The molecule has 3 amide bonds. The molecule has 1 saturated carbocycles. The highest BCUT2D eigenvalue weighted by Crippen LogP contribution is 2.29. The van der Waals surface area contributed by atoms with Gasteiger partial charge in [0, 0.05) is 49.0 Å². The number of ether oxygens (including phenoxy) is 1. The molecule has 1 unspecified atom stereocenters. The van der Waals surface area contributed by atoms with Crippen molar-refractivity contribution < 1.29 is 19.4 Å². The largest absolute Gasteiger partial charge is 0.488 e. The minimum Gasteiger partial charge on any atom is -0.488 e. The second-order valence-electron chi connectivity index (χ2n) is 11.0. The summed E-state index contributed by atoms with van der Waals surface area (Å²) in [5.41, 5.74) is 2.24. The van der Waals surface area contributed by atoms with Crippen LogP contribution in [0.4, 0.5) is 10.5 Å². The minimum absolute atomic E-state index is 0.000761. The Kier molecular flexibility index (Phi) is 10.1. The lowest BCUT2D eigenvalue weighted by Gasteiger charge is -2.34. The zero-order valence-corrected chi connectivity index (χ0v) is 23.3. The van der Waals surface area contributed by atoms with Gasteiger partial charge in [-0.2, -0.15) is 0 Å². The molecule has 0 saturated heterocycles. The lowest BCUT2D eigenvalue weighted by Crippen LogP contribution is -2.47. The van der Waals surface area contributed by atoms with Gasteiger partial charge in [0.15, 0.2) is 0 Å². The normalized spacial score (nSPS) is 21.3. The highest BCUT2D eigenvalue weighted by Gasteiger charge is 2.31. The van der Waals surface area contributed by atoms with Crippen LogP contribution in [0.1, 0.15) is 57.2 Å². The van der Waals surface area contributed by atoms with E-state index in [9.17, 15) is 14.7 Å². The van der Waals surface area contributed by atoms with Gasteiger partial charge in [0.05, 0.1) is 24.8 Å². The van der Waals surface area contributed by atoms with Crippen LogP contribution in [0, 0.1) is 5.92 Å². The number of likely N-dealkylation sites (N-methyl/N-ethyl adjacent to an activating group) is 1. The quantitative estimate of drug-likeness (QED) is 0.472. The number of hydrogen-bond donors (Lipinski definition) is 3. The predicted molar refractivity (Wildman–Crippen MR) is 149 cm³/mol. The molecule has 0 bridgehead atoms. The third kappa shape index (κ3) is 8.12. The van der Waals surface area contributed by atoms with Gasteiger partial charge in [0.1, 0.15) is 18.2 Å². The zero-order chi connectivity index (χ0) is 27.8. The Morgan fingerprint density at radius 2 is 2.05 bits per heavy atom. The molecule has 1 aliphatic heterocycles. The van der Waals surface area contributed by atoms with Crippen molar-refractivity contribution in [1.29, 1.82) is 0 Å². The number of aliphatic hydroxyl groups is 1. The SMILES string of the molecule is CC(CO)N1C[C@@H](C)[C@H](CN(C)Cc2ccncn2)Oc2ccc(NC(=O)NC3CCCCC3)cc2CC1=O. The van der Waals surface area contributed by atoms with Gasteiger partial charge in [-0.15, -0.1) is 0 Å². The Morgan fingerprint density at radius 3 is 2.77 bits per heavy atom. The summed E-state index contributed by atoms with van der Waals surface area (Å²) in [5.74, 6) is 0.556. The van der Waals surface area contributed by atoms with Crippen molar-refractivity contribution in [1.82, 2.24) is 25.1 Å². The Balaban J connectivity index is 1.53. The number of hydrogen-bond acceptors (Lipinski definition) is 7. The molecule has 10 nitrogen and oxygen atoms in total. The number of fused-ring (bicyclic) bond motifs is 1. The van der Waals surface area contributed by atoms with E-state index in [1.54, 1.807) is 17.4 Å². The van der Waals surface area contributed by atoms with Gasteiger partial charge in [0.25, 0.3) is 0 Å². The molecule has 2 aromatic rings. The molecule has 39 heavy (non-hydrogen) atoms. The number of nitrogens with zero attached hydrogens (tertiary/aromatic N) is 4. The van der Waals surface area contributed by atoms with Crippen LogP contribution in [0.15, 0.2) is 36.8 Å². The number of anilines is 1. The average molecular weight is 539 g/mol. The molecule has 0 spiro atoms. The maximum Gasteiger partial charge on any atom is 0.319 e. The third-order valence-corrected chi connectivity index (χ3v) is 7.68. The van der Waals surface area contributed by atoms with Crippen molar-refractivity contribution in [2.24, 2.45) is 5.92 Å². The summed E-state index contributed by atoms with van der Waals surface area (Å²) in [6.45, 7) is 5.53. The molecular formula is C29H42N6O4. The highest BCUT2D eigenvalue weighted by atomic mass is 16.5. The topological polar surface area (TPSA) is 120 Å². The summed E-state index contributed by atoms with van der Waals surface area (Å²) in [7, 11) is 2.02. The number of urea groups is 1. The molecule has 0 radical (unpaired) electrons. The Labute approximate surface area is 231 Å². The van der Waals surface area contributed by atoms with E-state index < -0.39 is 0 Å². The van der Waals surface area contributed by atoms with Crippen molar-refractivity contribution in [2.45, 2.75) is 77.1 Å². The van der Waals surface area contributed by atoms with E-state index in [0.717, 1.165) is 31.4 Å². The van der Waals surface area contributed by atoms with Gasteiger partial charge in [-0.3, -0.25) is 9.69 Å². The first-order valence-corrected chi connectivity index (χ1v) is 14.0. The fourth-order valence-corrected chi connectivity index (χ4v) is 5.38. The molecule has 1 aromatic carbocycles. The molecule has 1 aromatic heterocycles. The number of carbonyl (C=O) groups excluding carboxylic acids is 2. The second-order valence-corrected chi connectivity index (χ2v) is 11.0. The fourth-order valence-electron chi connectivity index (χ4n) is 5.38. The molecule has 2 heterocycles. The minimum atomic E-state index is -0.316. The number of amides is 3. The van der Waals surface area contributed by atoms with Crippen molar-refractivity contribution >= 4 is 17.6 Å². The van der Waals surface area contributed by atoms with Gasteiger partial charge in [-0.1, -0.05) is 26.2 Å². The number of aliphatic hydroxyl groups excluding tert-OH is 1. The van der Waals surface area contributed by atoms with Gasteiger partial charge in [0.2, 0.25) is 5.91 Å². The maximum absolute atomic E-state index is 13.4. The lowest BCUT2D eigenvalue weighted by atomic mass is 9.96. The summed E-state index contributed by atoms with van der Waals surface area (Å²) >= 11 is 0. The van der Waals surface area contributed by atoms with E-state index in [0.29, 0.717) is 36.6 Å². The number of carbonyl (C=O) groups is 2. The van der Waals surface area contributed by atoms with Crippen molar-refractivity contribution in [3.63, 3.8) is 0 Å². The molecule has 2 aliphatic rings. The van der Waals surface area contributed by atoms with Crippen LogP contribution in [0.5, 0.6) is 5.75 Å². The van der Waals surface area contributed by atoms with Crippen LogP contribution in [-0.2, 0) is 17.8 Å². The van der Waals surface area contributed by atoms with Crippen LogP contribution in [0.2, 0.25) is 0 Å². The fraction of sp³-hybridized carbons (Fsp3) is 0.586. The first-order chi connectivity index (χ1) is 18.8. The number of rotatable bonds is 8. The van der Waals surface area contributed by atoms with E-state index in [1.807, 2.05) is 38.2 Å². The monoisotopic (exact) mass is 538 g/mol. The molecule has 1 aliphatic carbocycles. The molecule has 212 valence electrons. The highest BCUT2D eigenvalue weighted by molar-refractivity contribution is 5.90. The first-order valence-electron chi connectivity index (χ1n) is 14.0. The Hall–Kier alpha value is -3.24. The third-order valence-electron chi connectivity index (χ3n) is 7.68. The van der Waals surface area contributed by atoms with E-state index in [1.165, 1.54) is 6.42 Å². The van der Waals surface area contributed by atoms with Crippen LogP contribution in [-0.4, -0.2) is 81.7 Å². The Morgan fingerprint density at radius 1 is 1.26 bits per heavy atom. The molecule has 4 rings (SSSR count). The number of nitrogens with one attached hydrogen (secondary N) is 2. The van der Waals surface area contributed by atoms with E-state index in [4.69, 9.17) is 4.74 Å². The summed E-state index contributed by atoms with van der Waals surface area (Å²) in [5, 5.41) is 15.9. The summed E-state index contributed by atoms with van der Waals surface area (Å²) in [6.07, 6.45) is 8.68.